The van der Waals surface area contributed by atoms with E-state index >= 15 is 0 Å². The van der Waals surface area contributed by atoms with Gasteiger partial charge in [0, 0.05) is 17.6 Å². The van der Waals surface area contributed by atoms with Crippen molar-refractivity contribution < 1.29 is 9.47 Å². The van der Waals surface area contributed by atoms with Crippen molar-refractivity contribution in [2.45, 2.75) is 32.7 Å². The van der Waals surface area contributed by atoms with E-state index in [4.69, 9.17) is 9.47 Å². The number of hydrogen-bond donors (Lipinski definition) is 0. The summed E-state index contributed by atoms with van der Waals surface area (Å²) < 4.78 is 12.0. The van der Waals surface area contributed by atoms with Crippen LogP contribution in [0.15, 0.2) is 16.6 Å². The van der Waals surface area contributed by atoms with Gasteiger partial charge in [-0.15, -0.1) is 0 Å². The third-order valence-electron chi connectivity index (χ3n) is 3.69. The third kappa shape index (κ3) is 3.23. The average Bonchev–Trinajstić information content (AvgIpc) is 3.08. The van der Waals surface area contributed by atoms with Crippen LogP contribution in [0.25, 0.3) is 0 Å². The maximum absolute atomic E-state index is 5.47. The summed E-state index contributed by atoms with van der Waals surface area (Å²) in [6.45, 7) is 5.97. The molecule has 0 atom stereocenters. The van der Waals surface area contributed by atoms with Crippen LogP contribution in [0, 0.1) is 5.92 Å². The van der Waals surface area contributed by atoms with Gasteiger partial charge in [-0.1, -0.05) is 22.9 Å². The predicted octanol–water partition coefficient (Wildman–Crippen LogP) is 3.80. The minimum Gasteiger partial charge on any atom is -0.454 e. The van der Waals surface area contributed by atoms with Gasteiger partial charge in [-0.25, -0.2) is 0 Å². The second-order valence-electron chi connectivity index (χ2n) is 5.48. The Morgan fingerprint density at radius 3 is 2.68 bits per heavy atom. The molecule has 1 saturated carbocycles. The first kappa shape index (κ1) is 13.3. The van der Waals surface area contributed by atoms with Crippen molar-refractivity contribution in [3.05, 3.63) is 22.2 Å². The third-order valence-corrected chi connectivity index (χ3v) is 4.43. The molecule has 3 nitrogen and oxygen atoms in total. The molecule has 1 aromatic carbocycles. The molecule has 0 N–H and O–H groups in total. The minimum atomic E-state index is 0.339. The lowest BCUT2D eigenvalue weighted by Crippen LogP contribution is -2.26. The number of halogens is 1. The molecule has 0 amide bonds. The molecule has 104 valence electrons. The number of rotatable bonds is 6. The molecule has 1 heterocycles. The Labute approximate surface area is 123 Å². The van der Waals surface area contributed by atoms with Crippen LogP contribution in [0.3, 0.4) is 0 Å². The van der Waals surface area contributed by atoms with Crippen LogP contribution in [0.4, 0.5) is 0 Å². The number of ether oxygens (including phenoxy) is 2. The average molecular weight is 326 g/mol. The summed E-state index contributed by atoms with van der Waals surface area (Å²) in [4.78, 5) is 2.56. The van der Waals surface area contributed by atoms with E-state index in [1.54, 1.807) is 0 Å². The van der Waals surface area contributed by atoms with Crippen molar-refractivity contribution in [3.63, 3.8) is 0 Å². The predicted molar refractivity (Wildman–Crippen MR) is 78.6 cm³/mol. The highest BCUT2D eigenvalue weighted by molar-refractivity contribution is 9.10. The lowest BCUT2D eigenvalue weighted by atomic mass is 10.1. The zero-order chi connectivity index (χ0) is 13.2. The Kier molecular flexibility index (Phi) is 3.99. The zero-order valence-corrected chi connectivity index (χ0v) is 12.9. The molecule has 0 bridgehead atoms. The minimum absolute atomic E-state index is 0.339. The van der Waals surface area contributed by atoms with Gasteiger partial charge >= 0.3 is 0 Å². The van der Waals surface area contributed by atoms with Crippen molar-refractivity contribution in [1.82, 2.24) is 4.90 Å². The molecule has 1 aliphatic heterocycles. The molecular formula is C15H20BrNO2. The van der Waals surface area contributed by atoms with Crippen molar-refractivity contribution in [3.8, 4) is 11.5 Å². The van der Waals surface area contributed by atoms with Crippen LogP contribution in [0.5, 0.6) is 11.5 Å². The van der Waals surface area contributed by atoms with Gasteiger partial charge in [0.05, 0.1) is 0 Å². The Hall–Kier alpha value is -0.740. The van der Waals surface area contributed by atoms with E-state index < -0.39 is 0 Å². The van der Waals surface area contributed by atoms with Crippen LogP contribution in [-0.2, 0) is 6.54 Å². The fourth-order valence-electron chi connectivity index (χ4n) is 2.54. The summed E-state index contributed by atoms with van der Waals surface area (Å²) in [5, 5.41) is 0. The first-order chi connectivity index (χ1) is 9.26. The van der Waals surface area contributed by atoms with Gasteiger partial charge in [0.2, 0.25) is 6.79 Å². The Morgan fingerprint density at radius 2 is 2.00 bits per heavy atom. The van der Waals surface area contributed by atoms with Gasteiger partial charge in [0.1, 0.15) is 0 Å². The van der Waals surface area contributed by atoms with Gasteiger partial charge in [-0.3, -0.25) is 4.90 Å². The molecule has 1 aliphatic carbocycles. The molecule has 2 aliphatic rings. The molecule has 0 saturated heterocycles. The molecule has 0 aromatic heterocycles. The van der Waals surface area contributed by atoms with Crippen molar-refractivity contribution >= 4 is 15.9 Å². The molecule has 1 aromatic rings. The second kappa shape index (κ2) is 5.71. The fourth-order valence-corrected chi connectivity index (χ4v) is 2.99. The fraction of sp³-hybridized carbons (Fsp3) is 0.600. The summed E-state index contributed by atoms with van der Waals surface area (Å²) in [5.41, 5.74) is 1.29. The van der Waals surface area contributed by atoms with E-state index in [2.05, 4.69) is 33.8 Å². The largest absolute Gasteiger partial charge is 0.454 e. The van der Waals surface area contributed by atoms with E-state index in [0.717, 1.165) is 35.0 Å². The maximum Gasteiger partial charge on any atom is 0.231 e. The number of fused-ring (bicyclic) bond motifs is 1. The van der Waals surface area contributed by atoms with Crippen molar-refractivity contribution in [2.75, 3.05) is 19.9 Å². The highest BCUT2D eigenvalue weighted by Gasteiger charge is 2.25. The first-order valence-corrected chi connectivity index (χ1v) is 7.86. The van der Waals surface area contributed by atoms with Gasteiger partial charge < -0.3 is 9.47 Å². The summed E-state index contributed by atoms with van der Waals surface area (Å²) in [7, 11) is 0. The van der Waals surface area contributed by atoms with Gasteiger partial charge in [0.15, 0.2) is 11.5 Å². The molecule has 1 fully saturated rings. The molecular weight excluding hydrogens is 306 g/mol. The van der Waals surface area contributed by atoms with Crippen LogP contribution >= 0.6 is 15.9 Å². The molecule has 0 radical (unpaired) electrons. The molecule has 4 heteroatoms. The van der Waals surface area contributed by atoms with E-state index in [-0.39, 0.29) is 0 Å². The number of nitrogens with zero attached hydrogens (tertiary/aromatic N) is 1. The highest BCUT2D eigenvalue weighted by atomic mass is 79.9. The summed E-state index contributed by atoms with van der Waals surface area (Å²) in [6, 6.07) is 4.14. The highest BCUT2D eigenvalue weighted by Crippen LogP contribution is 2.38. The lowest BCUT2D eigenvalue weighted by molar-refractivity contribution is 0.174. The SMILES string of the molecule is CCCN(Cc1cc2c(cc1Br)OCO2)CC1CC1. The van der Waals surface area contributed by atoms with E-state index in [1.165, 1.54) is 31.4 Å². The van der Waals surface area contributed by atoms with Crippen LogP contribution < -0.4 is 9.47 Å². The quantitative estimate of drug-likeness (QED) is 0.794. The first-order valence-electron chi connectivity index (χ1n) is 7.06. The summed E-state index contributed by atoms with van der Waals surface area (Å²) in [6.07, 6.45) is 4.01. The molecule has 0 spiro atoms. The lowest BCUT2D eigenvalue weighted by Gasteiger charge is -2.22. The normalized spacial score (nSPS) is 17.2. The van der Waals surface area contributed by atoms with E-state index in [0.29, 0.717) is 6.79 Å². The number of hydrogen-bond acceptors (Lipinski definition) is 3. The Balaban J connectivity index is 1.72. The standard InChI is InChI=1S/C15H20BrNO2/c1-2-5-17(8-11-3-4-11)9-12-6-14-15(7-13(12)16)19-10-18-14/h6-7,11H,2-5,8-10H2,1H3. The number of benzene rings is 1. The summed E-state index contributed by atoms with van der Waals surface area (Å²) in [5.74, 6) is 2.65. The Morgan fingerprint density at radius 1 is 1.26 bits per heavy atom. The Bertz CT molecular complexity index is 460. The monoisotopic (exact) mass is 325 g/mol. The van der Waals surface area contributed by atoms with Crippen molar-refractivity contribution in [1.29, 1.82) is 0 Å². The molecule has 3 rings (SSSR count). The van der Waals surface area contributed by atoms with Crippen LogP contribution in [-0.4, -0.2) is 24.8 Å². The zero-order valence-electron chi connectivity index (χ0n) is 11.3. The van der Waals surface area contributed by atoms with Crippen LogP contribution in [0.1, 0.15) is 31.7 Å². The van der Waals surface area contributed by atoms with Crippen LogP contribution in [0.2, 0.25) is 0 Å². The smallest absolute Gasteiger partial charge is 0.231 e. The van der Waals surface area contributed by atoms with Gasteiger partial charge in [-0.2, -0.15) is 0 Å². The summed E-state index contributed by atoms with van der Waals surface area (Å²) >= 11 is 3.65. The van der Waals surface area contributed by atoms with Crippen molar-refractivity contribution in [2.24, 2.45) is 5.92 Å². The maximum atomic E-state index is 5.47. The second-order valence-corrected chi connectivity index (χ2v) is 6.33. The van der Waals surface area contributed by atoms with E-state index in [1.807, 2.05) is 6.07 Å². The topological polar surface area (TPSA) is 21.7 Å². The van der Waals surface area contributed by atoms with E-state index in [9.17, 15) is 0 Å². The van der Waals surface area contributed by atoms with Gasteiger partial charge in [0.25, 0.3) is 0 Å². The molecule has 19 heavy (non-hydrogen) atoms. The van der Waals surface area contributed by atoms with Gasteiger partial charge in [-0.05, 0) is 49.4 Å². The molecule has 0 unspecified atom stereocenters.